The van der Waals surface area contributed by atoms with Crippen LogP contribution in [0.15, 0.2) is 48.0 Å². The van der Waals surface area contributed by atoms with E-state index in [1.54, 1.807) is 42.9 Å². The number of thioether (sulfide) groups is 1. The van der Waals surface area contributed by atoms with E-state index in [4.69, 9.17) is 11.6 Å². The van der Waals surface area contributed by atoms with Crippen LogP contribution in [0.3, 0.4) is 0 Å². The Morgan fingerprint density at radius 1 is 1.21 bits per heavy atom. The molecule has 2 aromatic heterocycles. The minimum Gasteiger partial charge on any atom is -0.301 e. The molecule has 0 saturated heterocycles. The third-order valence-corrected chi connectivity index (χ3v) is 4.54. The number of halogens is 1. The van der Waals surface area contributed by atoms with Gasteiger partial charge < -0.3 is 4.57 Å². The van der Waals surface area contributed by atoms with Crippen molar-refractivity contribution in [3.8, 4) is 11.5 Å². The van der Waals surface area contributed by atoms with Crippen LogP contribution < -0.4 is 0 Å². The van der Waals surface area contributed by atoms with E-state index in [0.29, 0.717) is 33.8 Å². The Morgan fingerprint density at radius 2 is 2.00 bits per heavy atom. The summed E-state index contributed by atoms with van der Waals surface area (Å²) >= 11 is 7.19. The summed E-state index contributed by atoms with van der Waals surface area (Å²) in [7, 11) is 0. The minimum atomic E-state index is 0.0170. The summed E-state index contributed by atoms with van der Waals surface area (Å²) in [5.41, 5.74) is 1.28. The predicted molar refractivity (Wildman–Crippen MR) is 93.2 cm³/mol. The first-order chi connectivity index (χ1) is 11.7. The fourth-order valence-corrected chi connectivity index (χ4v) is 3.16. The van der Waals surface area contributed by atoms with Crippen molar-refractivity contribution in [2.75, 3.05) is 5.75 Å². The predicted octanol–water partition coefficient (Wildman–Crippen LogP) is 3.38. The Bertz CT molecular complexity index is 835. The highest BCUT2D eigenvalue weighted by molar-refractivity contribution is 7.99. The molecule has 3 rings (SSSR count). The smallest absolute Gasteiger partial charge is 0.191 e. The fraction of sp³-hybridized carbons (Fsp3) is 0.188. The summed E-state index contributed by atoms with van der Waals surface area (Å²) in [5.74, 6) is 0.940. The largest absolute Gasteiger partial charge is 0.301 e. The van der Waals surface area contributed by atoms with Crippen molar-refractivity contribution in [1.29, 1.82) is 0 Å². The number of carbonyl (C=O) groups is 1. The fourth-order valence-electron chi connectivity index (χ4n) is 2.13. The molecule has 0 N–H and O–H groups in total. The van der Waals surface area contributed by atoms with Crippen LogP contribution in [-0.2, 0) is 6.54 Å². The van der Waals surface area contributed by atoms with Gasteiger partial charge in [0.1, 0.15) is 5.69 Å². The summed E-state index contributed by atoms with van der Waals surface area (Å²) < 4.78 is 1.92. The second kappa shape index (κ2) is 7.55. The molecule has 0 bridgehead atoms. The molecule has 0 spiro atoms. The molecule has 2 heterocycles. The van der Waals surface area contributed by atoms with E-state index in [0.717, 1.165) is 0 Å². The topological polar surface area (TPSA) is 73.6 Å². The number of Topliss-reactive ketones (excluding diaryl/α,β-unsaturated/α-hetero) is 1. The van der Waals surface area contributed by atoms with Gasteiger partial charge in [0.05, 0.1) is 11.9 Å². The zero-order valence-electron chi connectivity index (χ0n) is 12.9. The van der Waals surface area contributed by atoms with E-state index in [2.05, 4.69) is 20.2 Å². The number of benzene rings is 1. The van der Waals surface area contributed by atoms with Crippen LogP contribution >= 0.6 is 23.4 Å². The van der Waals surface area contributed by atoms with Crippen molar-refractivity contribution < 1.29 is 4.79 Å². The molecule has 6 nitrogen and oxygen atoms in total. The van der Waals surface area contributed by atoms with E-state index in [-0.39, 0.29) is 11.5 Å². The maximum Gasteiger partial charge on any atom is 0.191 e. The van der Waals surface area contributed by atoms with E-state index in [9.17, 15) is 4.79 Å². The van der Waals surface area contributed by atoms with Crippen molar-refractivity contribution in [2.24, 2.45) is 0 Å². The molecule has 122 valence electrons. The summed E-state index contributed by atoms with van der Waals surface area (Å²) in [5, 5.41) is 9.65. The molecule has 0 saturated carbocycles. The second-order valence-corrected chi connectivity index (χ2v) is 6.24. The molecule has 3 aromatic rings. The first kappa shape index (κ1) is 16.6. The Hall–Kier alpha value is -2.25. The Morgan fingerprint density at radius 3 is 2.67 bits per heavy atom. The molecule has 1 aromatic carbocycles. The van der Waals surface area contributed by atoms with Crippen LogP contribution in [0.5, 0.6) is 0 Å². The van der Waals surface area contributed by atoms with Gasteiger partial charge >= 0.3 is 0 Å². The van der Waals surface area contributed by atoms with Gasteiger partial charge in [0, 0.05) is 29.5 Å². The van der Waals surface area contributed by atoms with E-state index >= 15 is 0 Å². The lowest BCUT2D eigenvalue weighted by molar-refractivity contribution is 0.102. The van der Waals surface area contributed by atoms with Gasteiger partial charge in [-0.1, -0.05) is 23.4 Å². The van der Waals surface area contributed by atoms with E-state index in [1.807, 2.05) is 11.5 Å². The molecule has 0 aliphatic heterocycles. The first-order valence-electron chi connectivity index (χ1n) is 7.30. The molecular weight excluding hydrogens is 346 g/mol. The summed E-state index contributed by atoms with van der Waals surface area (Å²) in [6.07, 6.45) is 4.86. The minimum absolute atomic E-state index is 0.0170. The maximum absolute atomic E-state index is 12.3. The van der Waals surface area contributed by atoms with Gasteiger partial charge in [0.15, 0.2) is 16.8 Å². The Kier molecular flexibility index (Phi) is 5.22. The Labute approximate surface area is 148 Å². The van der Waals surface area contributed by atoms with Crippen LogP contribution in [0.25, 0.3) is 11.5 Å². The number of hydrogen-bond donors (Lipinski definition) is 0. The van der Waals surface area contributed by atoms with Crippen molar-refractivity contribution in [2.45, 2.75) is 18.6 Å². The zero-order valence-corrected chi connectivity index (χ0v) is 14.5. The van der Waals surface area contributed by atoms with E-state index < -0.39 is 0 Å². The Balaban J connectivity index is 1.75. The lowest BCUT2D eigenvalue weighted by Crippen LogP contribution is -2.05. The van der Waals surface area contributed by atoms with E-state index in [1.165, 1.54) is 11.8 Å². The normalized spacial score (nSPS) is 10.8. The molecule has 0 amide bonds. The SMILES string of the molecule is CCn1c(SCC(=O)c2ccc(Cl)cc2)nnc1-c1cnccn1. The van der Waals surface area contributed by atoms with Gasteiger partial charge in [-0.15, -0.1) is 10.2 Å². The number of nitrogens with zero attached hydrogens (tertiary/aromatic N) is 5. The van der Waals surface area contributed by atoms with Crippen LogP contribution in [0.2, 0.25) is 5.02 Å². The van der Waals surface area contributed by atoms with Crippen molar-refractivity contribution >= 4 is 29.1 Å². The lowest BCUT2D eigenvalue weighted by atomic mass is 10.1. The highest BCUT2D eigenvalue weighted by Gasteiger charge is 2.16. The molecule has 0 aliphatic carbocycles. The number of ketones is 1. The second-order valence-electron chi connectivity index (χ2n) is 4.86. The van der Waals surface area contributed by atoms with Crippen LogP contribution in [0, 0.1) is 0 Å². The zero-order chi connectivity index (χ0) is 16.9. The quantitative estimate of drug-likeness (QED) is 0.496. The van der Waals surface area contributed by atoms with Crippen LogP contribution in [0.4, 0.5) is 0 Å². The lowest BCUT2D eigenvalue weighted by Gasteiger charge is -2.06. The number of carbonyl (C=O) groups excluding carboxylic acids is 1. The summed E-state index contributed by atoms with van der Waals surface area (Å²) in [4.78, 5) is 20.6. The molecule has 8 heteroatoms. The van der Waals surface area contributed by atoms with Crippen LogP contribution in [-0.4, -0.2) is 36.3 Å². The molecule has 0 aliphatic rings. The molecule has 24 heavy (non-hydrogen) atoms. The van der Waals surface area contributed by atoms with Gasteiger partial charge in [-0.2, -0.15) is 0 Å². The molecule has 0 radical (unpaired) electrons. The molecular formula is C16H14ClN5OS. The molecule has 0 unspecified atom stereocenters. The first-order valence-corrected chi connectivity index (χ1v) is 8.66. The average molecular weight is 360 g/mol. The van der Waals surface area contributed by atoms with Gasteiger partial charge in [0.25, 0.3) is 0 Å². The summed E-state index contributed by atoms with van der Waals surface area (Å²) in [6.45, 7) is 2.67. The summed E-state index contributed by atoms with van der Waals surface area (Å²) in [6, 6.07) is 6.86. The van der Waals surface area contributed by atoms with Crippen molar-refractivity contribution in [3.63, 3.8) is 0 Å². The highest BCUT2D eigenvalue weighted by Crippen LogP contribution is 2.23. The van der Waals surface area contributed by atoms with Gasteiger partial charge in [-0.25, -0.2) is 4.98 Å². The third-order valence-electron chi connectivity index (χ3n) is 3.32. The van der Waals surface area contributed by atoms with Gasteiger partial charge in [0.2, 0.25) is 0 Å². The molecule has 0 atom stereocenters. The van der Waals surface area contributed by atoms with Crippen LogP contribution in [0.1, 0.15) is 17.3 Å². The van der Waals surface area contributed by atoms with Crippen molar-refractivity contribution in [3.05, 3.63) is 53.4 Å². The average Bonchev–Trinajstić information content (AvgIpc) is 3.04. The number of hydrogen-bond acceptors (Lipinski definition) is 6. The third kappa shape index (κ3) is 3.63. The highest BCUT2D eigenvalue weighted by atomic mass is 35.5. The van der Waals surface area contributed by atoms with Gasteiger partial charge in [-0.05, 0) is 31.2 Å². The maximum atomic E-state index is 12.3. The number of rotatable bonds is 6. The monoisotopic (exact) mass is 359 g/mol. The standard InChI is InChI=1S/C16H14ClN5OS/c1-2-22-15(13-9-18-7-8-19-13)20-21-16(22)24-10-14(23)11-3-5-12(17)6-4-11/h3-9H,2,10H2,1H3. The molecule has 0 fully saturated rings. The number of aromatic nitrogens is 5. The van der Waals surface area contributed by atoms with Gasteiger partial charge in [-0.3, -0.25) is 9.78 Å². The van der Waals surface area contributed by atoms with Crippen molar-refractivity contribution in [1.82, 2.24) is 24.7 Å².